The Balaban J connectivity index is 2.04. The second-order valence-corrected chi connectivity index (χ2v) is 5.71. The smallest absolute Gasteiger partial charge is 0.193 e. The maximum absolute atomic E-state index is 4.66. The van der Waals surface area contributed by atoms with Gasteiger partial charge in [-0.1, -0.05) is 20.8 Å². The van der Waals surface area contributed by atoms with E-state index in [1.807, 2.05) is 0 Å². The molecule has 0 aromatic carbocycles. The Morgan fingerprint density at radius 3 is 2.94 bits per heavy atom. The molecule has 4 heteroatoms. The third-order valence-corrected chi connectivity index (χ3v) is 3.98. The Kier molecular flexibility index (Phi) is 4.18. The quantitative estimate of drug-likeness (QED) is 0.855. The zero-order chi connectivity index (χ0) is 12.3. The van der Waals surface area contributed by atoms with Crippen LogP contribution in [-0.4, -0.2) is 22.5 Å². The molecule has 2 aromatic heterocycles. The molecule has 94 valence electrons. The Bertz CT molecular complexity index is 429. The van der Waals surface area contributed by atoms with E-state index in [9.17, 15) is 0 Å². The molecule has 0 amide bonds. The lowest BCUT2D eigenvalue weighted by Crippen LogP contribution is -2.27. The maximum atomic E-state index is 4.66. The third kappa shape index (κ3) is 3.07. The predicted molar refractivity (Wildman–Crippen MR) is 73.6 cm³/mol. The van der Waals surface area contributed by atoms with E-state index in [0.717, 1.165) is 24.5 Å². The number of nitrogens with zero attached hydrogens (tertiary/aromatic N) is 2. The van der Waals surface area contributed by atoms with Crippen molar-refractivity contribution in [3.8, 4) is 0 Å². The second kappa shape index (κ2) is 5.65. The van der Waals surface area contributed by atoms with Gasteiger partial charge in [0, 0.05) is 17.8 Å². The average Bonchev–Trinajstić information content (AvgIpc) is 2.83. The number of thiazole rings is 1. The van der Waals surface area contributed by atoms with Gasteiger partial charge in [-0.2, -0.15) is 0 Å². The van der Waals surface area contributed by atoms with Gasteiger partial charge in [0.05, 0.1) is 5.69 Å². The molecule has 0 saturated heterocycles. The van der Waals surface area contributed by atoms with Gasteiger partial charge in [0.1, 0.15) is 0 Å². The fourth-order valence-electron chi connectivity index (χ4n) is 2.02. The van der Waals surface area contributed by atoms with Gasteiger partial charge in [0.2, 0.25) is 0 Å². The van der Waals surface area contributed by atoms with Gasteiger partial charge in [-0.05, 0) is 31.3 Å². The zero-order valence-electron chi connectivity index (χ0n) is 10.8. The van der Waals surface area contributed by atoms with E-state index >= 15 is 0 Å². The van der Waals surface area contributed by atoms with Gasteiger partial charge >= 0.3 is 0 Å². The summed E-state index contributed by atoms with van der Waals surface area (Å²) in [4.78, 5) is 5.76. The van der Waals surface area contributed by atoms with Crippen molar-refractivity contribution >= 4 is 16.3 Å². The van der Waals surface area contributed by atoms with Crippen molar-refractivity contribution < 1.29 is 0 Å². The van der Waals surface area contributed by atoms with Crippen LogP contribution in [-0.2, 0) is 6.42 Å². The van der Waals surface area contributed by atoms with Gasteiger partial charge in [-0.15, -0.1) is 11.3 Å². The Morgan fingerprint density at radius 1 is 1.47 bits per heavy atom. The van der Waals surface area contributed by atoms with Crippen LogP contribution in [0.5, 0.6) is 0 Å². The minimum atomic E-state index is 0.666. The number of nitrogens with one attached hydrogen (secondary N) is 1. The molecule has 17 heavy (non-hydrogen) atoms. The summed E-state index contributed by atoms with van der Waals surface area (Å²) in [5.41, 5.74) is 1.22. The van der Waals surface area contributed by atoms with Gasteiger partial charge < -0.3 is 5.32 Å². The summed E-state index contributed by atoms with van der Waals surface area (Å²) >= 11 is 1.70. The van der Waals surface area contributed by atoms with Crippen LogP contribution in [0.4, 0.5) is 0 Å². The fraction of sp³-hybridized carbons (Fsp3) is 0.615. The van der Waals surface area contributed by atoms with Crippen LogP contribution in [0.25, 0.3) is 4.96 Å². The van der Waals surface area contributed by atoms with Crippen molar-refractivity contribution in [1.82, 2.24) is 14.7 Å². The van der Waals surface area contributed by atoms with Crippen LogP contribution in [0.15, 0.2) is 17.8 Å². The van der Waals surface area contributed by atoms with Crippen LogP contribution in [0.3, 0.4) is 0 Å². The highest BCUT2D eigenvalue weighted by molar-refractivity contribution is 7.15. The van der Waals surface area contributed by atoms with Crippen molar-refractivity contribution in [2.75, 3.05) is 13.1 Å². The highest BCUT2D eigenvalue weighted by Crippen LogP contribution is 2.18. The standard InChI is InChI=1S/C13H21N3S/c1-4-14-8-11(10(2)3)7-12-9-16-5-6-17-13(16)15-12/h5-6,9-11,14H,4,7-8H2,1-3H3. The predicted octanol–water partition coefficient (Wildman–Crippen LogP) is 2.82. The summed E-state index contributed by atoms with van der Waals surface area (Å²) in [5.74, 6) is 1.35. The Labute approximate surface area is 107 Å². The van der Waals surface area contributed by atoms with Gasteiger partial charge in [-0.25, -0.2) is 4.98 Å². The molecule has 0 aliphatic carbocycles. The summed E-state index contributed by atoms with van der Waals surface area (Å²) in [7, 11) is 0. The lowest BCUT2D eigenvalue weighted by molar-refractivity contribution is 0.361. The molecular formula is C13H21N3S. The molecule has 0 aliphatic rings. The molecular weight excluding hydrogens is 230 g/mol. The fourth-order valence-corrected chi connectivity index (χ4v) is 2.74. The number of aromatic nitrogens is 2. The third-order valence-electron chi connectivity index (χ3n) is 3.21. The first-order valence-corrected chi connectivity index (χ1v) is 7.20. The maximum Gasteiger partial charge on any atom is 0.193 e. The van der Waals surface area contributed by atoms with Crippen molar-refractivity contribution in [3.63, 3.8) is 0 Å². The van der Waals surface area contributed by atoms with E-state index < -0.39 is 0 Å². The van der Waals surface area contributed by atoms with Gasteiger partial charge in [0.15, 0.2) is 4.96 Å². The monoisotopic (exact) mass is 251 g/mol. The summed E-state index contributed by atoms with van der Waals surface area (Å²) < 4.78 is 2.12. The van der Waals surface area contributed by atoms with E-state index in [1.165, 1.54) is 5.69 Å². The molecule has 1 N–H and O–H groups in total. The van der Waals surface area contributed by atoms with E-state index in [0.29, 0.717) is 11.8 Å². The average molecular weight is 251 g/mol. The van der Waals surface area contributed by atoms with Crippen LogP contribution < -0.4 is 5.32 Å². The van der Waals surface area contributed by atoms with E-state index in [1.54, 1.807) is 11.3 Å². The zero-order valence-corrected chi connectivity index (χ0v) is 11.6. The van der Waals surface area contributed by atoms with Gasteiger partial charge in [0.25, 0.3) is 0 Å². The topological polar surface area (TPSA) is 29.3 Å². The minimum absolute atomic E-state index is 0.666. The molecule has 0 radical (unpaired) electrons. The first-order chi connectivity index (χ1) is 8.20. The summed E-state index contributed by atoms with van der Waals surface area (Å²) in [6.45, 7) is 8.87. The number of imidazole rings is 1. The van der Waals surface area contributed by atoms with E-state index in [4.69, 9.17) is 0 Å². The summed E-state index contributed by atoms with van der Waals surface area (Å²) in [6, 6.07) is 0. The lowest BCUT2D eigenvalue weighted by Gasteiger charge is -2.19. The molecule has 3 nitrogen and oxygen atoms in total. The van der Waals surface area contributed by atoms with Crippen molar-refractivity contribution in [3.05, 3.63) is 23.5 Å². The molecule has 2 rings (SSSR count). The molecule has 0 spiro atoms. The molecule has 0 bridgehead atoms. The van der Waals surface area contributed by atoms with Crippen molar-refractivity contribution in [2.24, 2.45) is 11.8 Å². The first kappa shape index (κ1) is 12.6. The van der Waals surface area contributed by atoms with Crippen LogP contribution >= 0.6 is 11.3 Å². The first-order valence-electron chi connectivity index (χ1n) is 6.32. The molecule has 0 aliphatic heterocycles. The Hall–Kier alpha value is -0.870. The van der Waals surface area contributed by atoms with E-state index in [-0.39, 0.29) is 0 Å². The molecule has 0 saturated carbocycles. The number of rotatable bonds is 6. The number of hydrogen-bond donors (Lipinski definition) is 1. The minimum Gasteiger partial charge on any atom is -0.317 e. The largest absolute Gasteiger partial charge is 0.317 e. The molecule has 0 fully saturated rings. The Morgan fingerprint density at radius 2 is 2.29 bits per heavy atom. The van der Waals surface area contributed by atoms with Crippen LogP contribution in [0.2, 0.25) is 0 Å². The number of hydrogen-bond acceptors (Lipinski definition) is 3. The SMILES string of the molecule is CCNCC(Cc1cn2ccsc2n1)C(C)C. The second-order valence-electron chi connectivity index (χ2n) is 4.84. The highest BCUT2D eigenvalue weighted by Gasteiger charge is 2.15. The summed E-state index contributed by atoms with van der Waals surface area (Å²) in [6.07, 6.45) is 5.30. The van der Waals surface area contributed by atoms with Crippen molar-refractivity contribution in [1.29, 1.82) is 0 Å². The van der Waals surface area contributed by atoms with Crippen LogP contribution in [0, 0.1) is 11.8 Å². The van der Waals surface area contributed by atoms with Crippen molar-refractivity contribution in [2.45, 2.75) is 27.2 Å². The molecule has 2 aromatic rings. The van der Waals surface area contributed by atoms with Crippen LogP contribution in [0.1, 0.15) is 26.5 Å². The summed E-state index contributed by atoms with van der Waals surface area (Å²) in [5, 5.41) is 5.52. The molecule has 1 atom stereocenters. The molecule has 1 unspecified atom stereocenters. The number of fused-ring (bicyclic) bond motifs is 1. The van der Waals surface area contributed by atoms with Gasteiger partial charge in [-0.3, -0.25) is 4.40 Å². The highest BCUT2D eigenvalue weighted by atomic mass is 32.1. The molecule has 2 heterocycles. The van der Waals surface area contributed by atoms with E-state index in [2.05, 4.69) is 53.2 Å². The normalized spacial score (nSPS) is 13.6. The lowest BCUT2D eigenvalue weighted by atomic mass is 9.91.